The van der Waals surface area contributed by atoms with Crippen LogP contribution in [0.1, 0.15) is 43.6 Å². The average Bonchev–Trinajstić information content (AvgIpc) is 3.01. The summed E-state index contributed by atoms with van der Waals surface area (Å²) in [6, 6.07) is 15.2. The minimum atomic E-state index is -0.577. The zero-order valence-electron chi connectivity index (χ0n) is 16.9. The lowest BCUT2D eigenvalue weighted by Gasteiger charge is -2.14. The third-order valence-corrected chi connectivity index (χ3v) is 4.92. The first-order valence-corrected chi connectivity index (χ1v) is 9.72. The lowest BCUT2D eigenvalue weighted by molar-refractivity contribution is 0.0925. The van der Waals surface area contributed by atoms with Gasteiger partial charge in [-0.25, -0.2) is 9.29 Å². The average molecular weight is 418 g/mol. The van der Waals surface area contributed by atoms with E-state index in [4.69, 9.17) is 4.74 Å². The summed E-state index contributed by atoms with van der Waals surface area (Å²) in [6.45, 7) is 4.15. The Morgan fingerprint density at radius 3 is 2.39 bits per heavy atom. The van der Waals surface area contributed by atoms with Gasteiger partial charge in [0, 0.05) is 5.56 Å². The molecule has 156 valence electrons. The number of nitrogens with zero attached hydrogens (tertiary/aromatic N) is 1. The number of rotatable bonds is 5. The molecule has 0 unspecified atom stereocenters. The minimum Gasteiger partial charge on any atom is -0.494 e. The van der Waals surface area contributed by atoms with Crippen molar-refractivity contribution in [3.63, 3.8) is 0 Å². The Balaban J connectivity index is 1.60. The van der Waals surface area contributed by atoms with Gasteiger partial charge in [-0.1, -0.05) is 6.07 Å². The number of anilines is 2. The van der Waals surface area contributed by atoms with Crippen molar-refractivity contribution in [1.29, 1.82) is 0 Å². The van der Waals surface area contributed by atoms with Crippen LogP contribution in [0.5, 0.6) is 5.75 Å². The Morgan fingerprint density at radius 2 is 1.68 bits per heavy atom. The highest BCUT2D eigenvalue weighted by Crippen LogP contribution is 2.30. The third-order valence-electron chi connectivity index (χ3n) is 4.92. The van der Waals surface area contributed by atoms with E-state index in [9.17, 15) is 18.8 Å². The van der Waals surface area contributed by atoms with Crippen LogP contribution in [0.25, 0.3) is 0 Å². The lowest BCUT2D eigenvalue weighted by atomic mass is 10.1. The van der Waals surface area contributed by atoms with Gasteiger partial charge in [0.2, 0.25) is 0 Å². The fourth-order valence-corrected chi connectivity index (χ4v) is 3.40. The quantitative estimate of drug-likeness (QED) is 0.615. The van der Waals surface area contributed by atoms with E-state index in [1.165, 1.54) is 30.3 Å². The minimum absolute atomic E-state index is 0.0453. The highest BCUT2D eigenvalue weighted by molar-refractivity contribution is 6.34. The normalized spacial score (nSPS) is 12.7. The fourth-order valence-electron chi connectivity index (χ4n) is 3.40. The van der Waals surface area contributed by atoms with Crippen molar-refractivity contribution in [3.8, 4) is 5.75 Å². The first kappa shape index (κ1) is 20.3. The highest BCUT2D eigenvalue weighted by atomic mass is 19.1. The number of aryl methyl sites for hydroxylation is 1. The van der Waals surface area contributed by atoms with Gasteiger partial charge in [-0.2, -0.15) is 0 Å². The summed E-state index contributed by atoms with van der Waals surface area (Å²) < 4.78 is 19.4. The van der Waals surface area contributed by atoms with Crippen LogP contribution in [0.2, 0.25) is 0 Å². The van der Waals surface area contributed by atoms with Gasteiger partial charge in [-0.15, -0.1) is 0 Å². The molecule has 0 atom stereocenters. The summed E-state index contributed by atoms with van der Waals surface area (Å²) in [6.07, 6.45) is 0. The van der Waals surface area contributed by atoms with Crippen LogP contribution in [-0.2, 0) is 0 Å². The maximum Gasteiger partial charge on any atom is 0.266 e. The van der Waals surface area contributed by atoms with Crippen molar-refractivity contribution in [2.45, 2.75) is 13.8 Å². The van der Waals surface area contributed by atoms with Crippen LogP contribution >= 0.6 is 0 Å². The number of ether oxygens (including phenoxy) is 1. The maximum absolute atomic E-state index is 14.0. The first-order chi connectivity index (χ1) is 14.9. The second kappa shape index (κ2) is 8.02. The Labute approximate surface area is 178 Å². The van der Waals surface area contributed by atoms with Gasteiger partial charge in [0.15, 0.2) is 0 Å². The van der Waals surface area contributed by atoms with E-state index in [0.717, 1.165) is 10.5 Å². The molecule has 0 fully saturated rings. The van der Waals surface area contributed by atoms with Crippen LogP contribution in [-0.4, -0.2) is 24.3 Å². The van der Waals surface area contributed by atoms with Crippen LogP contribution in [0, 0.1) is 12.7 Å². The van der Waals surface area contributed by atoms with Crippen molar-refractivity contribution in [2.75, 3.05) is 16.8 Å². The molecule has 3 aromatic rings. The predicted molar refractivity (Wildman–Crippen MR) is 114 cm³/mol. The van der Waals surface area contributed by atoms with Crippen LogP contribution < -0.4 is 15.0 Å². The summed E-state index contributed by atoms with van der Waals surface area (Å²) in [5.41, 5.74) is 1.71. The molecule has 3 aromatic carbocycles. The number of amides is 3. The van der Waals surface area contributed by atoms with Gasteiger partial charge >= 0.3 is 0 Å². The second-order valence-electron chi connectivity index (χ2n) is 7.07. The van der Waals surface area contributed by atoms with Crippen LogP contribution in [0.15, 0.2) is 60.7 Å². The number of nitrogens with one attached hydrogen (secondary N) is 1. The molecule has 3 amide bonds. The first-order valence-electron chi connectivity index (χ1n) is 9.72. The number of fused-ring (bicyclic) bond motifs is 1. The van der Waals surface area contributed by atoms with Crippen molar-refractivity contribution in [2.24, 2.45) is 0 Å². The topological polar surface area (TPSA) is 75.7 Å². The molecule has 0 aromatic heterocycles. The molecule has 1 aliphatic heterocycles. The number of benzene rings is 3. The lowest BCUT2D eigenvalue weighted by Crippen LogP contribution is -2.29. The SMILES string of the molecule is CCOc1ccc(N2C(=O)c3ccc(C(=O)Nc4cc(C)ccc4F)cc3C2=O)cc1. The molecule has 0 saturated heterocycles. The molecule has 7 heteroatoms. The molecule has 1 heterocycles. The van der Waals surface area contributed by atoms with Gasteiger partial charge in [0.25, 0.3) is 17.7 Å². The monoisotopic (exact) mass is 418 g/mol. The van der Waals surface area contributed by atoms with Crippen molar-refractivity contribution >= 4 is 29.1 Å². The molecule has 0 spiro atoms. The smallest absolute Gasteiger partial charge is 0.266 e. The van der Waals surface area contributed by atoms with Gasteiger partial charge < -0.3 is 10.1 Å². The summed E-state index contributed by atoms with van der Waals surface area (Å²) in [5.74, 6) is -1.51. The number of hydrogen-bond acceptors (Lipinski definition) is 4. The van der Waals surface area contributed by atoms with Crippen molar-refractivity contribution in [3.05, 3.63) is 88.7 Å². The van der Waals surface area contributed by atoms with Crippen LogP contribution in [0.4, 0.5) is 15.8 Å². The summed E-state index contributed by atoms with van der Waals surface area (Å²) in [4.78, 5) is 39.4. The predicted octanol–water partition coefficient (Wildman–Crippen LogP) is 4.59. The number of imide groups is 1. The molecule has 4 rings (SSSR count). The molecule has 0 saturated carbocycles. The largest absolute Gasteiger partial charge is 0.494 e. The summed E-state index contributed by atoms with van der Waals surface area (Å²) >= 11 is 0. The standard InChI is InChI=1S/C24H19FN2O4/c1-3-31-17-8-6-16(7-9-17)27-23(29)18-10-5-15(13-19(18)24(27)30)22(28)26-21-12-14(2)4-11-20(21)25/h4-13H,3H2,1-2H3,(H,26,28). The van der Waals surface area contributed by atoms with Crippen LogP contribution in [0.3, 0.4) is 0 Å². The molecule has 0 aliphatic carbocycles. The Bertz CT molecular complexity index is 1200. The van der Waals surface area contributed by atoms with Crippen molar-refractivity contribution < 1.29 is 23.5 Å². The zero-order valence-corrected chi connectivity index (χ0v) is 16.9. The number of carbonyl (C=O) groups is 3. The van der Waals surface area contributed by atoms with E-state index in [2.05, 4.69) is 5.32 Å². The molecule has 0 radical (unpaired) electrons. The van der Waals surface area contributed by atoms with E-state index >= 15 is 0 Å². The Kier molecular flexibility index (Phi) is 5.25. The summed E-state index contributed by atoms with van der Waals surface area (Å²) in [7, 11) is 0. The Hall–Kier alpha value is -4.00. The van der Waals surface area contributed by atoms with E-state index in [-0.39, 0.29) is 22.4 Å². The molecule has 31 heavy (non-hydrogen) atoms. The van der Waals surface area contributed by atoms with Gasteiger partial charge in [0.05, 0.1) is 29.1 Å². The molecule has 6 nitrogen and oxygen atoms in total. The summed E-state index contributed by atoms with van der Waals surface area (Å²) in [5, 5.41) is 2.51. The molecule has 0 bridgehead atoms. The highest BCUT2D eigenvalue weighted by Gasteiger charge is 2.37. The molecule has 1 N–H and O–H groups in total. The number of carbonyl (C=O) groups excluding carboxylic acids is 3. The second-order valence-corrected chi connectivity index (χ2v) is 7.07. The Morgan fingerprint density at radius 1 is 0.968 bits per heavy atom. The number of hydrogen-bond donors (Lipinski definition) is 1. The third kappa shape index (κ3) is 3.77. The van der Waals surface area contributed by atoms with Crippen molar-refractivity contribution in [1.82, 2.24) is 0 Å². The molecular weight excluding hydrogens is 399 g/mol. The molecular formula is C24H19FN2O4. The van der Waals surface area contributed by atoms with Gasteiger partial charge in [-0.05, 0) is 74.0 Å². The van der Waals surface area contributed by atoms with E-state index in [1.807, 2.05) is 6.92 Å². The van der Waals surface area contributed by atoms with E-state index in [0.29, 0.717) is 18.0 Å². The fraction of sp³-hybridized carbons (Fsp3) is 0.125. The zero-order chi connectivity index (χ0) is 22.1. The molecule has 1 aliphatic rings. The van der Waals surface area contributed by atoms with Gasteiger partial charge in [0.1, 0.15) is 11.6 Å². The van der Waals surface area contributed by atoms with E-state index < -0.39 is 23.5 Å². The van der Waals surface area contributed by atoms with Gasteiger partial charge in [-0.3, -0.25) is 14.4 Å². The van der Waals surface area contributed by atoms with E-state index in [1.54, 1.807) is 37.3 Å². The number of halogens is 1. The maximum atomic E-state index is 14.0.